The van der Waals surface area contributed by atoms with Crippen molar-refractivity contribution in [3.8, 4) is 0 Å². The van der Waals surface area contributed by atoms with Gasteiger partial charge in [0.1, 0.15) is 17.6 Å². The first-order valence-corrected chi connectivity index (χ1v) is 5.52. The molecule has 6 heteroatoms. The van der Waals surface area contributed by atoms with Crippen LogP contribution in [0.2, 0.25) is 0 Å². The van der Waals surface area contributed by atoms with Gasteiger partial charge in [-0.1, -0.05) is 6.07 Å². The van der Waals surface area contributed by atoms with E-state index >= 15 is 0 Å². The topological polar surface area (TPSA) is 54.4 Å². The fourth-order valence-electron chi connectivity index (χ4n) is 0.921. The Morgan fingerprint density at radius 2 is 1.93 bits per heavy atom. The van der Waals surface area contributed by atoms with Crippen molar-refractivity contribution in [1.29, 1.82) is 0 Å². The third kappa shape index (κ3) is 2.74. The summed E-state index contributed by atoms with van der Waals surface area (Å²) in [5.74, 6) is -3.38. The predicted octanol–water partition coefficient (Wildman–Crippen LogP) is 0.829. The van der Waals surface area contributed by atoms with Gasteiger partial charge in [-0.25, -0.2) is 17.2 Å². The zero-order valence-electron chi connectivity index (χ0n) is 7.07. The van der Waals surface area contributed by atoms with Crippen molar-refractivity contribution in [2.45, 2.75) is 5.75 Å². The Bertz CT molecular complexity index is 428. The molecule has 0 aliphatic rings. The average Bonchev–Trinajstić information content (AvgIpc) is 2.10. The van der Waals surface area contributed by atoms with Crippen LogP contribution in [0.1, 0.15) is 5.56 Å². The van der Waals surface area contributed by atoms with Gasteiger partial charge in [-0.15, -0.1) is 0 Å². The molecule has 0 saturated carbocycles. The molecule has 0 aliphatic heterocycles. The van der Waals surface area contributed by atoms with Gasteiger partial charge in [0.15, 0.2) is 9.84 Å². The largest absolute Gasteiger partial charge is 0.380 e. The van der Waals surface area contributed by atoms with E-state index in [0.29, 0.717) is 6.07 Å². The molecule has 0 atom stereocenters. The zero-order chi connectivity index (χ0) is 10.8. The Morgan fingerprint density at radius 3 is 2.43 bits per heavy atom. The summed E-state index contributed by atoms with van der Waals surface area (Å²) in [4.78, 5) is 0. The molecule has 1 aromatic rings. The van der Waals surface area contributed by atoms with E-state index in [-0.39, 0.29) is 5.56 Å². The van der Waals surface area contributed by atoms with Crippen molar-refractivity contribution in [2.75, 3.05) is 5.94 Å². The summed E-state index contributed by atoms with van der Waals surface area (Å²) in [7, 11) is -3.71. The van der Waals surface area contributed by atoms with Gasteiger partial charge in [0, 0.05) is 11.6 Å². The lowest BCUT2D eigenvalue weighted by Gasteiger charge is -2.02. The van der Waals surface area contributed by atoms with Gasteiger partial charge in [-0.05, 0) is 6.07 Å². The molecule has 0 heterocycles. The molecule has 0 bridgehead atoms. The Balaban J connectivity index is 2.99. The number of rotatable bonds is 3. The van der Waals surface area contributed by atoms with Gasteiger partial charge >= 0.3 is 0 Å². The molecule has 0 unspecified atom stereocenters. The quantitative estimate of drug-likeness (QED) is 0.824. The summed E-state index contributed by atoms with van der Waals surface area (Å²) < 4.78 is 47.1. The standard InChI is InChI=1S/C8H8F2O3S/c9-7-2-1-6(8(10)3-7)4-14(12,13)5-11/h1-3,11H,4-5H2. The van der Waals surface area contributed by atoms with Crippen LogP contribution in [0, 0.1) is 11.6 Å². The van der Waals surface area contributed by atoms with Crippen LogP contribution in [-0.2, 0) is 15.6 Å². The van der Waals surface area contributed by atoms with Crippen LogP contribution in [0.3, 0.4) is 0 Å². The van der Waals surface area contributed by atoms with Gasteiger partial charge in [0.05, 0.1) is 5.75 Å². The molecule has 0 aliphatic carbocycles. The maximum absolute atomic E-state index is 12.9. The van der Waals surface area contributed by atoms with Crippen LogP contribution < -0.4 is 0 Å². The van der Waals surface area contributed by atoms with E-state index in [9.17, 15) is 17.2 Å². The predicted molar refractivity (Wildman–Crippen MR) is 46.1 cm³/mol. The lowest BCUT2D eigenvalue weighted by molar-refractivity contribution is 0.358. The molecule has 78 valence electrons. The molecular weight excluding hydrogens is 214 g/mol. The monoisotopic (exact) mass is 222 g/mol. The Kier molecular flexibility index (Phi) is 3.17. The van der Waals surface area contributed by atoms with Gasteiger partial charge in [-0.3, -0.25) is 0 Å². The van der Waals surface area contributed by atoms with E-state index in [2.05, 4.69) is 0 Å². The Hall–Kier alpha value is -1.01. The minimum atomic E-state index is -3.71. The minimum Gasteiger partial charge on any atom is -0.380 e. The molecule has 1 rings (SSSR count). The number of aliphatic hydroxyl groups excluding tert-OH is 1. The second kappa shape index (κ2) is 4.02. The number of aliphatic hydroxyl groups is 1. The van der Waals surface area contributed by atoms with E-state index in [4.69, 9.17) is 5.11 Å². The number of hydrogen-bond donors (Lipinski definition) is 1. The van der Waals surface area contributed by atoms with Crippen LogP contribution in [0.4, 0.5) is 8.78 Å². The number of hydrogen-bond acceptors (Lipinski definition) is 3. The Labute approximate surface area is 79.9 Å². The number of benzene rings is 1. The van der Waals surface area contributed by atoms with Crippen LogP contribution in [0.25, 0.3) is 0 Å². The number of halogens is 2. The first-order valence-electron chi connectivity index (χ1n) is 3.70. The molecule has 0 amide bonds. The third-order valence-electron chi connectivity index (χ3n) is 1.59. The molecule has 1 aromatic carbocycles. The molecular formula is C8H8F2O3S. The van der Waals surface area contributed by atoms with E-state index < -0.39 is 33.2 Å². The first-order chi connectivity index (χ1) is 6.44. The molecule has 0 fully saturated rings. The summed E-state index contributed by atoms with van der Waals surface area (Å²) in [6.07, 6.45) is 0. The maximum Gasteiger partial charge on any atom is 0.178 e. The average molecular weight is 222 g/mol. The van der Waals surface area contributed by atoms with Crippen molar-refractivity contribution in [3.05, 3.63) is 35.4 Å². The highest BCUT2D eigenvalue weighted by atomic mass is 32.2. The molecule has 3 nitrogen and oxygen atoms in total. The van der Waals surface area contributed by atoms with Crippen molar-refractivity contribution in [1.82, 2.24) is 0 Å². The van der Waals surface area contributed by atoms with Gasteiger partial charge < -0.3 is 5.11 Å². The fraction of sp³-hybridized carbons (Fsp3) is 0.250. The summed E-state index contributed by atoms with van der Waals surface area (Å²) in [6.45, 7) is 0. The zero-order valence-corrected chi connectivity index (χ0v) is 7.89. The number of sulfone groups is 1. The van der Waals surface area contributed by atoms with Crippen LogP contribution in [-0.4, -0.2) is 19.5 Å². The van der Waals surface area contributed by atoms with Gasteiger partial charge in [-0.2, -0.15) is 0 Å². The van der Waals surface area contributed by atoms with E-state index in [0.717, 1.165) is 12.1 Å². The van der Waals surface area contributed by atoms with Gasteiger partial charge in [0.2, 0.25) is 0 Å². The lowest BCUT2D eigenvalue weighted by atomic mass is 10.2. The van der Waals surface area contributed by atoms with Crippen molar-refractivity contribution in [2.24, 2.45) is 0 Å². The lowest BCUT2D eigenvalue weighted by Crippen LogP contribution is -2.09. The van der Waals surface area contributed by atoms with Gasteiger partial charge in [0.25, 0.3) is 0 Å². The van der Waals surface area contributed by atoms with Crippen LogP contribution >= 0.6 is 0 Å². The normalized spacial score (nSPS) is 11.6. The molecule has 0 aromatic heterocycles. The van der Waals surface area contributed by atoms with E-state index in [1.807, 2.05) is 0 Å². The smallest absolute Gasteiger partial charge is 0.178 e. The molecule has 0 spiro atoms. The van der Waals surface area contributed by atoms with E-state index in [1.165, 1.54) is 0 Å². The third-order valence-corrected chi connectivity index (χ3v) is 2.73. The molecule has 0 radical (unpaired) electrons. The SMILES string of the molecule is O=S(=O)(CO)Cc1ccc(F)cc1F. The Morgan fingerprint density at radius 1 is 1.29 bits per heavy atom. The highest BCUT2D eigenvalue weighted by Crippen LogP contribution is 2.12. The van der Waals surface area contributed by atoms with Crippen molar-refractivity contribution in [3.63, 3.8) is 0 Å². The summed E-state index contributed by atoms with van der Waals surface area (Å²) in [5.41, 5.74) is -0.152. The molecule has 0 saturated heterocycles. The van der Waals surface area contributed by atoms with Crippen molar-refractivity contribution >= 4 is 9.84 Å². The second-order valence-corrected chi connectivity index (χ2v) is 4.79. The van der Waals surface area contributed by atoms with Crippen LogP contribution in [0.15, 0.2) is 18.2 Å². The minimum absolute atomic E-state index is 0.152. The first kappa shape index (κ1) is 11.1. The summed E-state index contributed by atoms with van der Waals surface area (Å²) >= 11 is 0. The van der Waals surface area contributed by atoms with Crippen molar-refractivity contribution < 1.29 is 22.3 Å². The second-order valence-electron chi connectivity index (χ2n) is 2.75. The highest BCUT2D eigenvalue weighted by molar-refractivity contribution is 7.90. The highest BCUT2D eigenvalue weighted by Gasteiger charge is 2.13. The summed E-state index contributed by atoms with van der Waals surface area (Å²) in [6, 6.07) is 2.60. The van der Waals surface area contributed by atoms with Crippen LogP contribution in [0.5, 0.6) is 0 Å². The van der Waals surface area contributed by atoms with E-state index in [1.54, 1.807) is 0 Å². The molecule has 1 N–H and O–H groups in total. The maximum atomic E-state index is 12.9. The summed E-state index contributed by atoms with van der Waals surface area (Å²) in [5, 5.41) is 8.42. The fourth-order valence-corrected chi connectivity index (χ4v) is 1.72. The molecule has 14 heavy (non-hydrogen) atoms.